The van der Waals surface area contributed by atoms with Crippen molar-refractivity contribution >= 4 is 26.8 Å². The van der Waals surface area contributed by atoms with Crippen LogP contribution in [0.25, 0.3) is 10.9 Å². The molecular weight excluding hydrogens is 252 g/mol. The molecule has 1 heterocycles. The first kappa shape index (κ1) is 10.7. The van der Waals surface area contributed by atoms with Crippen molar-refractivity contribution in [2.45, 2.75) is 6.42 Å². The van der Waals surface area contributed by atoms with E-state index in [4.69, 9.17) is 0 Å². The summed E-state index contributed by atoms with van der Waals surface area (Å²) in [6.07, 6.45) is 1.06. The van der Waals surface area contributed by atoms with E-state index in [1.165, 1.54) is 21.1 Å². The zero-order valence-corrected chi connectivity index (χ0v) is 10.6. The molecule has 0 radical (unpaired) electrons. The molecule has 0 spiro atoms. The molecule has 0 aliphatic carbocycles. The lowest BCUT2D eigenvalue weighted by molar-refractivity contribution is 0.746. The summed E-state index contributed by atoms with van der Waals surface area (Å²) < 4.78 is 3.43. The summed E-state index contributed by atoms with van der Waals surface area (Å²) in [4.78, 5) is 0. The lowest BCUT2D eigenvalue weighted by Gasteiger charge is -2.03. The highest BCUT2D eigenvalue weighted by Gasteiger charge is 2.06. The van der Waals surface area contributed by atoms with Crippen LogP contribution in [-0.2, 0) is 13.5 Å². The van der Waals surface area contributed by atoms with E-state index in [0.717, 1.165) is 13.0 Å². The number of hydrogen-bond donors (Lipinski definition) is 1. The van der Waals surface area contributed by atoms with Crippen LogP contribution >= 0.6 is 15.9 Å². The molecule has 1 aromatic heterocycles. The van der Waals surface area contributed by atoms with Crippen LogP contribution in [0, 0.1) is 0 Å². The second kappa shape index (κ2) is 4.37. The molecule has 3 heteroatoms. The predicted molar refractivity (Wildman–Crippen MR) is 68.2 cm³/mol. The molecular formula is C12H15BrN2. The van der Waals surface area contributed by atoms with E-state index in [9.17, 15) is 0 Å². The van der Waals surface area contributed by atoms with Gasteiger partial charge in [0.1, 0.15) is 0 Å². The van der Waals surface area contributed by atoms with Gasteiger partial charge in [-0.25, -0.2) is 0 Å². The Morgan fingerprint density at radius 1 is 1.40 bits per heavy atom. The normalized spacial score (nSPS) is 11.1. The molecule has 0 saturated heterocycles. The van der Waals surface area contributed by atoms with Crippen LogP contribution in [0.4, 0.5) is 0 Å². The van der Waals surface area contributed by atoms with E-state index in [-0.39, 0.29) is 0 Å². The highest BCUT2D eigenvalue weighted by molar-refractivity contribution is 9.10. The monoisotopic (exact) mass is 266 g/mol. The van der Waals surface area contributed by atoms with Gasteiger partial charge in [-0.1, -0.05) is 22.0 Å². The molecule has 0 amide bonds. The number of nitrogens with one attached hydrogen (secondary N) is 1. The van der Waals surface area contributed by atoms with E-state index in [1.807, 2.05) is 7.05 Å². The molecule has 2 rings (SSSR count). The minimum Gasteiger partial charge on any atom is -0.348 e. The molecule has 80 valence electrons. The first-order chi connectivity index (χ1) is 7.24. The zero-order valence-electron chi connectivity index (χ0n) is 9.05. The smallest absolute Gasteiger partial charge is 0.0491 e. The van der Waals surface area contributed by atoms with Crippen LogP contribution in [0.1, 0.15) is 5.69 Å². The third-order valence-corrected chi connectivity index (χ3v) is 3.46. The summed E-state index contributed by atoms with van der Waals surface area (Å²) in [5, 5.41) is 4.47. The largest absolute Gasteiger partial charge is 0.348 e. The number of hydrogen-bond acceptors (Lipinski definition) is 1. The summed E-state index contributed by atoms with van der Waals surface area (Å²) in [5.41, 5.74) is 2.65. The second-order valence-electron chi connectivity index (χ2n) is 3.72. The fraction of sp³-hybridized carbons (Fsp3) is 0.333. The van der Waals surface area contributed by atoms with Crippen molar-refractivity contribution in [2.24, 2.45) is 7.05 Å². The molecule has 2 aromatic rings. The van der Waals surface area contributed by atoms with Gasteiger partial charge in [0, 0.05) is 41.1 Å². The van der Waals surface area contributed by atoms with Gasteiger partial charge in [0.15, 0.2) is 0 Å². The van der Waals surface area contributed by atoms with Crippen molar-refractivity contribution in [1.82, 2.24) is 9.88 Å². The van der Waals surface area contributed by atoms with Crippen molar-refractivity contribution < 1.29 is 0 Å². The second-order valence-corrected chi connectivity index (χ2v) is 4.58. The summed E-state index contributed by atoms with van der Waals surface area (Å²) in [6.45, 7) is 1.02. The standard InChI is InChI=1S/C12H15BrN2/c1-14-7-6-9-8-10-11(13)4-3-5-12(10)15(9)2/h3-5,8,14H,6-7H2,1-2H3. The van der Waals surface area contributed by atoms with Crippen LogP contribution in [-0.4, -0.2) is 18.2 Å². The molecule has 2 nitrogen and oxygen atoms in total. The third kappa shape index (κ3) is 1.94. The maximum atomic E-state index is 3.58. The van der Waals surface area contributed by atoms with Gasteiger partial charge in [-0.05, 0) is 25.2 Å². The van der Waals surface area contributed by atoms with Crippen LogP contribution in [0.3, 0.4) is 0 Å². The van der Waals surface area contributed by atoms with Crippen LogP contribution in [0.2, 0.25) is 0 Å². The molecule has 1 aromatic carbocycles. The number of fused-ring (bicyclic) bond motifs is 1. The number of benzene rings is 1. The van der Waals surface area contributed by atoms with Crippen LogP contribution < -0.4 is 5.32 Å². The van der Waals surface area contributed by atoms with Crippen molar-refractivity contribution in [3.63, 3.8) is 0 Å². The van der Waals surface area contributed by atoms with E-state index < -0.39 is 0 Å². The summed E-state index contributed by atoms with van der Waals surface area (Å²) >= 11 is 3.58. The lowest BCUT2D eigenvalue weighted by atomic mass is 10.2. The molecule has 0 unspecified atom stereocenters. The van der Waals surface area contributed by atoms with E-state index in [2.05, 4.69) is 57.1 Å². The third-order valence-electron chi connectivity index (χ3n) is 2.76. The quantitative estimate of drug-likeness (QED) is 0.904. The highest BCUT2D eigenvalue weighted by Crippen LogP contribution is 2.26. The fourth-order valence-corrected chi connectivity index (χ4v) is 2.34. The Morgan fingerprint density at radius 2 is 2.20 bits per heavy atom. The number of aromatic nitrogens is 1. The Bertz CT molecular complexity index is 474. The number of likely N-dealkylation sites (N-methyl/N-ethyl adjacent to an activating group) is 1. The average Bonchev–Trinajstić information content (AvgIpc) is 2.55. The first-order valence-electron chi connectivity index (χ1n) is 5.11. The Hall–Kier alpha value is -0.800. The fourth-order valence-electron chi connectivity index (χ4n) is 1.87. The minimum absolute atomic E-state index is 1.02. The van der Waals surface area contributed by atoms with E-state index in [1.54, 1.807) is 0 Å². The molecule has 15 heavy (non-hydrogen) atoms. The highest BCUT2D eigenvalue weighted by atomic mass is 79.9. The molecule has 0 fully saturated rings. The molecule has 1 N–H and O–H groups in total. The Balaban J connectivity index is 2.49. The number of halogens is 1. The van der Waals surface area contributed by atoms with Gasteiger partial charge in [0.05, 0.1) is 0 Å². The van der Waals surface area contributed by atoms with Gasteiger partial charge >= 0.3 is 0 Å². The molecule has 0 atom stereocenters. The maximum absolute atomic E-state index is 3.58. The lowest BCUT2D eigenvalue weighted by Crippen LogP contribution is -2.12. The predicted octanol–water partition coefficient (Wildman–Crippen LogP) is 2.70. The maximum Gasteiger partial charge on any atom is 0.0491 e. The zero-order chi connectivity index (χ0) is 10.8. The van der Waals surface area contributed by atoms with Gasteiger partial charge in [-0.2, -0.15) is 0 Å². The van der Waals surface area contributed by atoms with Gasteiger partial charge in [-0.3, -0.25) is 0 Å². The molecule has 0 bridgehead atoms. The van der Waals surface area contributed by atoms with Crippen LogP contribution in [0.15, 0.2) is 28.7 Å². The Labute approximate surface area is 98.4 Å². The molecule has 0 saturated carbocycles. The summed E-state index contributed by atoms with van der Waals surface area (Å²) in [5.74, 6) is 0. The summed E-state index contributed by atoms with van der Waals surface area (Å²) in [7, 11) is 4.11. The topological polar surface area (TPSA) is 17.0 Å². The number of nitrogens with zero attached hydrogens (tertiary/aromatic N) is 1. The molecule has 0 aliphatic heterocycles. The Kier molecular flexibility index (Phi) is 3.12. The molecule has 0 aliphatic rings. The van der Waals surface area contributed by atoms with E-state index >= 15 is 0 Å². The van der Waals surface area contributed by atoms with Crippen molar-refractivity contribution in [3.05, 3.63) is 34.4 Å². The van der Waals surface area contributed by atoms with Crippen molar-refractivity contribution in [1.29, 1.82) is 0 Å². The van der Waals surface area contributed by atoms with Crippen molar-refractivity contribution in [2.75, 3.05) is 13.6 Å². The first-order valence-corrected chi connectivity index (χ1v) is 5.90. The van der Waals surface area contributed by atoms with Crippen LogP contribution in [0.5, 0.6) is 0 Å². The Morgan fingerprint density at radius 3 is 2.87 bits per heavy atom. The number of rotatable bonds is 3. The average molecular weight is 267 g/mol. The van der Waals surface area contributed by atoms with Gasteiger partial charge in [0.25, 0.3) is 0 Å². The van der Waals surface area contributed by atoms with Crippen molar-refractivity contribution in [3.8, 4) is 0 Å². The number of aryl methyl sites for hydroxylation is 1. The van der Waals surface area contributed by atoms with Gasteiger partial charge < -0.3 is 9.88 Å². The van der Waals surface area contributed by atoms with Gasteiger partial charge in [-0.15, -0.1) is 0 Å². The summed E-state index contributed by atoms with van der Waals surface area (Å²) in [6, 6.07) is 8.58. The van der Waals surface area contributed by atoms with Gasteiger partial charge in [0.2, 0.25) is 0 Å². The SMILES string of the molecule is CNCCc1cc2c(Br)cccc2n1C. The minimum atomic E-state index is 1.02. The van der Waals surface area contributed by atoms with E-state index in [0.29, 0.717) is 0 Å².